The highest BCUT2D eigenvalue weighted by Crippen LogP contribution is 2.52. The second kappa shape index (κ2) is 2.91. The Kier molecular flexibility index (Phi) is 1.68. The van der Waals surface area contributed by atoms with Gasteiger partial charge in [0, 0.05) is 19.5 Å². The van der Waals surface area contributed by atoms with Crippen LogP contribution in [0.1, 0.15) is 5.82 Å². The molecule has 1 aliphatic heterocycles. The molecule has 0 aromatic carbocycles. The highest BCUT2D eigenvalue weighted by molar-refractivity contribution is 5.65. The van der Waals surface area contributed by atoms with E-state index in [0.717, 1.165) is 12.2 Å². The zero-order valence-corrected chi connectivity index (χ0v) is 8.00. The smallest absolute Gasteiger partial charge is 0.407 e. The van der Waals surface area contributed by atoms with Gasteiger partial charge in [-0.25, -0.2) is 9.89 Å². The number of rotatable bonds is 2. The van der Waals surface area contributed by atoms with Crippen molar-refractivity contribution in [3.05, 3.63) is 5.82 Å². The first kappa shape index (κ1) is 8.63. The van der Waals surface area contributed by atoms with Crippen molar-refractivity contribution < 1.29 is 9.90 Å². The molecule has 2 N–H and O–H groups in total. The Morgan fingerprint density at radius 3 is 2.80 bits per heavy atom. The highest BCUT2D eigenvalue weighted by Gasteiger charge is 2.56. The number of nitrogens with one attached hydrogen (secondary N) is 1. The average molecular weight is 209 g/mol. The van der Waals surface area contributed by atoms with Crippen LogP contribution in [0.15, 0.2) is 0 Å². The molecular weight excluding hydrogens is 198 g/mol. The van der Waals surface area contributed by atoms with Crippen LogP contribution in [0.25, 0.3) is 0 Å². The normalized spacial score (nSPS) is 32.8. The van der Waals surface area contributed by atoms with Crippen LogP contribution in [0, 0.1) is 17.8 Å². The molecule has 2 aliphatic rings. The van der Waals surface area contributed by atoms with Gasteiger partial charge >= 0.3 is 6.09 Å². The van der Waals surface area contributed by atoms with Gasteiger partial charge < -0.3 is 10.0 Å². The van der Waals surface area contributed by atoms with E-state index in [9.17, 15) is 4.79 Å². The molecular formula is C8H11N5O2. The summed E-state index contributed by atoms with van der Waals surface area (Å²) in [5.41, 5.74) is 0. The van der Waals surface area contributed by atoms with Gasteiger partial charge in [0.25, 0.3) is 0 Å². The highest BCUT2D eigenvalue weighted by atomic mass is 16.4. The van der Waals surface area contributed by atoms with Gasteiger partial charge in [-0.1, -0.05) is 0 Å². The molecule has 0 radical (unpaired) electrons. The van der Waals surface area contributed by atoms with E-state index >= 15 is 0 Å². The molecule has 0 bridgehead atoms. The van der Waals surface area contributed by atoms with Crippen molar-refractivity contribution in [3.63, 3.8) is 0 Å². The lowest BCUT2D eigenvalue weighted by Crippen LogP contribution is -2.30. The summed E-state index contributed by atoms with van der Waals surface area (Å²) in [6, 6.07) is 0. The molecule has 2 fully saturated rings. The SMILES string of the molecule is O=C(O)N1CC2C(Cc3nnn[nH]3)[C@@H]2C1. The molecule has 0 spiro atoms. The largest absolute Gasteiger partial charge is 0.465 e. The number of fused-ring (bicyclic) bond motifs is 1. The zero-order chi connectivity index (χ0) is 10.4. The maximum absolute atomic E-state index is 10.7. The van der Waals surface area contributed by atoms with E-state index in [1.807, 2.05) is 0 Å². The van der Waals surface area contributed by atoms with Crippen LogP contribution in [-0.4, -0.2) is 49.8 Å². The number of nitrogens with zero attached hydrogens (tertiary/aromatic N) is 4. The lowest BCUT2D eigenvalue weighted by atomic mass is 10.2. The molecule has 7 nitrogen and oxygen atoms in total. The number of aromatic nitrogens is 4. The summed E-state index contributed by atoms with van der Waals surface area (Å²) in [5.74, 6) is 2.41. The third-order valence-corrected chi connectivity index (χ3v) is 3.46. The summed E-state index contributed by atoms with van der Waals surface area (Å²) in [6.45, 7) is 1.35. The lowest BCUT2D eigenvalue weighted by molar-refractivity contribution is 0.148. The fourth-order valence-corrected chi connectivity index (χ4v) is 2.60. The van der Waals surface area contributed by atoms with Crippen LogP contribution in [0.3, 0.4) is 0 Å². The van der Waals surface area contributed by atoms with Crippen LogP contribution in [0.2, 0.25) is 0 Å². The number of carboxylic acid groups (broad SMARTS) is 1. The molecule has 3 atom stereocenters. The van der Waals surface area contributed by atoms with Crippen molar-refractivity contribution in [3.8, 4) is 0 Å². The molecule has 1 saturated heterocycles. The maximum Gasteiger partial charge on any atom is 0.407 e. The number of hydrogen-bond donors (Lipinski definition) is 2. The van der Waals surface area contributed by atoms with Crippen molar-refractivity contribution in [1.82, 2.24) is 25.5 Å². The maximum atomic E-state index is 10.7. The number of hydrogen-bond acceptors (Lipinski definition) is 4. The molecule has 15 heavy (non-hydrogen) atoms. The van der Waals surface area contributed by atoms with E-state index in [4.69, 9.17) is 5.11 Å². The van der Waals surface area contributed by atoms with Gasteiger partial charge in [-0.15, -0.1) is 5.10 Å². The molecule has 1 saturated carbocycles. The third kappa shape index (κ3) is 1.34. The minimum atomic E-state index is -0.803. The van der Waals surface area contributed by atoms with Crippen LogP contribution in [0.5, 0.6) is 0 Å². The van der Waals surface area contributed by atoms with Crippen molar-refractivity contribution in [1.29, 1.82) is 0 Å². The Hall–Kier alpha value is -1.66. The summed E-state index contributed by atoms with van der Waals surface area (Å²) in [5, 5.41) is 22.4. The summed E-state index contributed by atoms with van der Waals surface area (Å²) >= 11 is 0. The third-order valence-electron chi connectivity index (χ3n) is 3.46. The Labute approximate surface area is 85.5 Å². The minimum absolute atomic E-state index is 0.520. The predicted molar refractivity (Wildman–Crippen MR) is 47.9 cm³/mol. The van der Waals surface area contributed by atoms with Crippen LogP contribution in [-0.2, 0) is 6.42 Å². The van der Waals surface area contributed by atoms with E-state index in [2.05, 4.69) is 20.6 Å². The molecule has 2 heterocycles. The summed E-state index contributed by atoms with van der Waals surface area (Å²) in [6.07, 6.45) is 0.0396. The second-order valence-electron chi connectivity index (χ2n) is 4.23. The van der Waals surface area contributed by atoms with E-state index in [0.29, 0.717) is 30.8 Å². The van der Waals surface area contributed by atoms with Crippen molar-refractivity contribution >= 4 is 6.09 Å². The molecule has 7 heteroatoms. The molecule has 2 unspecified atom stereocenters. The summed E-state index contributed by atoms with van der Waals surface area (Å²) < 4.78 is 0. The fourth-order valence-electron chi connectivity index (χ4n) is 2.60. The number of H-pyrrole nitrogens is 1. The van der Waals surface area contributed by atoms with Crippen molar-refractivity contribution in [2.75, 3.05) is 13.1 Å². The quantitative estimate of drug-likeness (QED) is 0.690. The van der Waals surface area contributed by atoms with Gasteiger partial charge in [0.2, 0.25) is 0 Å². The number of aromatic amines is 1. The molecule has 80 valence electrons. The van der Waals surface area contributed by atoms with Crippen LogP contribution in [0.4, 0.5) is 4.79 Å². The first-order valence-corrected chi connectivity index (χ1v) is 4.96. The molecule has 1 aliphatic carbocycles. The Bertz CT molecular complexity index is 366. The van der Waals surface area contributed by atoms with Gasteiger partial charge in [-0.05, 0) is 28.2 Å². The predicted octanol–water partition coefficient (Wildman–Crippen LogP) is -0.402. The second-order valence-corrected chi connectivity index (χ2v) is 4.23. The van der Waals surface area contributed by atoms with Gasteiger partial charge in [0.15, 0.2) is 0 Å². The van der Waals surface area contributed by atoms with E-state index < -0.39 is 6.09 Å². The first-order chi connectivity index (χ1) is 7.25. The number of carbonyl (C=O) groups is 1. The van der Waals surface area contributed by atoms with Crippen LogP contribution < -0.4 is 0 Å². The Morgan fingerprint density at radius 2 is 2.27 bits per heavy atom. The van der Waals surface area contributed by atoms with E-state index in [1.54, 1.807) is 0 Å². The molecule has 1 aromatic heterocycles. The number of tetrazole rings is 1. The van der Waals surface area contributed by atoms with Crippen LogP contribution >= 0.6 is 0 Å². The van der Waals surface area contributed by atoms with Crippen molar-refractivity contribution in [2.24, 2.45) is 17.8 Å². The van der Waals surface area contributed by atoms with E-state index in [-0.39, 0.29) is 0 Å². The van der Waals surface area contributed by atoms with Gasteiger partial charge in [0.1, 0.15) is 5.82 Å². The summed E-state index contributed by atoms with van der Waals surface area (Å²) in [7, 11) is 0. The Morgan fingerprint density at radius 1 is 1.53 bits per heavy atom. The number of likely N-dealkylation sites (tertiary alicyclic amines) is 1. The monoisotopic (exact) mass is 209 g/mol. The molecule has 1 amide bonds. The molecule has 3 rings (SSSR count). The van der Waals surface area contributed by atoms with E-state index in [1.165, 1.54) is 4.90 Å². The fraction of sp³-hybridized carbons (Fsp3) is 0.750. The number of amides is 1. The zero-order valence-electron chi connectivity index (χ0n) is 8.00. The van der Waals surface area contributed by atoms with Gasteiger partial charge in [-0.2, -0.15) is 0 Å². The molecule has 1 aromatic rings. The van der Waals surface area contributed by atoms with Gasteiger partial charge in [0.05, 0.1) is 0 Å². The lowest BCUT2D eigenvalue weighted by Gasteiger charge is -2.14. The van der Waals surface area contributed by atoms with Gasteiger partial charge in [-0.3, -0.25) is 0 Å². The average Bonchev–Trinajstić information content (AvgIpc) is 2.62. The van der Waals surface area contributed by atoms with Crippen molar-refractivity contribution in [2.45, 2.75) is 6.42 Å². The standard InChI is InChI=1S/C8H11N5O2/c14-8(15)13-2-5-4(6(5)3-13)1-7-9-11-12-10-7/h4-6H,1-3H2,(H,14,15)(H,9,10,11,12)/t4?,5-,6?/m0/s1. The topological polar surface area (TPSA) is 95.0 Å². The number of piperidine rings is 1. The Balaban J connectivity index is 1.57. The first-order valence-electron chi connectivity index (χ1n) is 4.96. The summed E-state index contributed by atoms with van der Waals surface area (Å²) in [4.78, 5) is 12.2. The minimum Gasteiger partial charge on any atom is -0.465 e.